The molecule has 1 aliphatic heterocycles. The summed E-state index contributed by atoms with van der Waals surface area (Å²) in [5.74, 6) is -0.161. The molecule has 1 N–H and O–H groups in total. The minimum atomic E-state index is -0.161. The highest BCUT2D eigenvalue weighted by molar-refractivity contribution is 6.30. The summed E-state index contributed by atoms with van der Waals surface area (Å²) in [6, 6.07) is 5.48. The maximum Gasteiger partial charge on any atom is 0.126 e. The summed E-state index contributed by atoms with van der Waals surface area (Å²) in [7, 11) is 0. The fraction of sp³-hybridized carbons (Fsp3) is 0.625. The normalized spacial score (nSPS) is 26.7. The zero-order chi connectivity index (χ0) is 14.0. The van der Waals surface area contributed by atoms with Crippen LogP contribution in [0.3, 0.4) is 0 Å². The molecular formula is C16H21ClFNO. The van der Waals surface area contributed by atoms with E-state index in [1.54, 1.807) is 12.1 Å². The first-order valence-corrected chi connectivity index (χ1v) is 7.80. The van der Waals surface area contributed by atoms with Gasteiger partial charge < -0.3 is 10.1 Å². The predicted octanol–water partition coefficient (Wildman–Crippen LogP) is 3.57. The molecule has 1 unspecified atom stereocenters. The molecule has 110 valence electrons. The van der Waals surface area contributed by atoms with E-state index in [1.165, 1.54) is 18.9 Å². The van der Waals surface area contributed by atoms with Gasteiger partial charge in [-0.2, -0.15) is 0 Å². The monoisotopic (exact) mass is 297 g/mol. The van der Waals surface area contributed by atoms with E-state index in [1.807, 2.05) is 0 Å². The van der Waals surface area contributed by atoms with Crippen LogP contribution in [0, 0.1) is 11.2 Å². The highest BCUT2D eigenvalue weighted by atomic mass is 35.5. The second-order valence-corrected chi connectivity index (χ2v) is 6.66. The van der Waals surface area contributed by atoms with Gasteiger partial charge in [0.1, 0.15) is 5.82 Å². The van der Waals surface area contributed by atoms with Crippen LogP contribution in [0.4, 0.5) is 4.39 Å². The summed E-state index contributed by atoms with van der Waals surface area (Å²) in [5, 5.41) is 4.19. The van der Waals surface area contributed by atoms with E-state index in [-0.39, 0.29) is 11.2 Å². The van der Waals surface area contributed by atoms with Crippen molar-refractivity contribution in [3.8, 4) is 0 Å². The average Bonchev–Trinajstić information content (AvgIpc) is 3.26. The first-order chi connectivity index (χ1) is 9.67. The molecule has 2 aliphatic rings. The molecule has 4 heteroatoms. The van der Waals surface area contributed by atoms with Crippen molar-refractivity contribution in [3.63, 3.8) is 0 Å². The van der Waals surface area contributed by atoms with Crippen LogP contribution in [0.25, 0.3) is 0 Å². The number of rotatable bonds is 5. The molecule has 1 saturated carbocycles. The molecular weight excluding hydrogens is 277 g/mol. The smallest absolute Gasteiger partial charge is 0.126 e. The van der Waals surface area contributed by atoms with E-state index in [0.29, 0.717) is 29.7 Å². The van der Waals surface area contributed by atoms with Gasteiger partial charge in [-0.15, -0.1) is 0 Å². The average molecular weight is 298 g/mol. The Morgan fingerprint density at radius 1 is 1.40 bits per heavy atom. The molecule has 0 aromatic heterocycles. The third-order valence-corrected chi connectivity index (χ3v) is 4.56. The van der Waals surface area contributed by atoms with Crippen molar-refractivity contribution in [1.82, 2.24) is 5.32 Å². The highest BCUT2D eigenvalue weighted by Crippen LogP contribution is 2.34. The van der Waals surface area contributed by atoms with E-state index >= 15 is 0 Å². The lowest BCUT2D eigenvalue weighted by Crippen LogP contribution is -2.43. The van der Waals surface area contributed by atoms with Gasteiger partial charge in [0.05, 0.1) is 6.61 Å². The van der Waals surface area contributed by atoms with Crippen molar-refractivity contribution in [2.75, 3.05) is 19.8 Å². The molecule has 1 atom stereocenters. The largest absolute Gasteiger partial charge is 0.381 e. The van der Waals surface area contributed by atoms with E-state index in [9.17, 15) is 4.39 Å². The number of hydrogen-bond acceptors (Lipinski definition) is 2. The van der Waals surface area contributed by atoms with E-state index in [0.717, 1.165) is 26.0 Å². The third-order valence-electron chi connectivity index (χ3n) is 4.32. The van der Waals surface area contributed by atoms with Gasteiger partial charge in [-0.05, 0) is 55.9 Å². The summed E-state index contributed by atoms with van der Waals surface area (Å²) in [6.45, 7) is 2.44. The maximum absolute atomic E-state index is 14.0. The summed E-state index contributed by atoms with van der Waals surface area (Å²) in [4.78, 5) is 0. The van der Waals surface area contributed by atoms with Gasteiger partial charge in [0.15, 0.2) is 0 Å². The Labute approximate surface area is 124 Å². The number of hydrogen-bond donors (Lipinski definition) is 1. The molecule has 0 radical (unpaired) electrons. The Balaban J connectivity index is 1.75. The highest BCUT2D eigenvalue weighted by Gasteiger charge is 2.35. The number of halogens is 2. The second kappa shape index (κ2) is 6.00. The van der Waals surface area contributed by atoms with Crippen LogP contribution in [0.1, 0.15) is 31.2 Å². The van der Waals surface area contributed by atoms with Crippen molar-refractivity contribution in [3.05, 3.63) is 34.6 Å². The lowest BCUT2D eigenvalue weighted by atomic mass is 9.77. The molecule has 0 amide bonds. The maximum atomic E-state index is 14.0. The van der Waals surface area contributed by atoms with Crippen LogP contribution in [0.5, 0.6) is 0 Å². The molecule has 2 nitrogen and oxygen atoms in total. The van der Waals surface area contributed by atoms with Gasteiger partial charge in [0, 0.05) is 29.6 Å². The Morgan fingerprint density at radius 3 is 2.95 bits per heavy atom. The van der Waals surface area contributed by atoms with Crippen LogP contribution >= 0.6 is 11.6 Å². The van der Waals surface area contributed by atoms with Gasteiger partial charge in [-0.1, -0.05) is 11.6 Å². The van der Waals surface area contributed by atoms with Crippen molar-refractivity contribution >= 4 is 11.6 Å². The Hall–Kier alpha value is -0.640. The first-order valence-electron chi connectivity index (χ1n) is 7.42. The fourth-order valence-corrected chi connectivity index (χ4v) is 3.18. The summed E-state index contributed by atoms with van der Waals surface area (Å²) in [5.41, 5.74) is 0.715. The second-order valence-electron chi connectivity index (χ2n) is 6.22. The van der Waals surface area contributed by atoms with Crippen molar-refractivity contribution in [2.24, 2.45) is 5.41 Å². The molecule has 1 saturated heterocycles. The van der Waals surface area contributed by atoms with Crippen LogP contribution in [-0.2, 0) is 11.2 Å². The van der Waals surface area contributed by atoms with Crippen molar-refractivity contribution < 1.29 is 9.13 Å². The lowest BCUT2D eigenvalue weighted by Gasteiger charge is -2.37. The number of nitrogens with one attached hydrogen (secondary N) is 1. The van der Waals surface area contributed by atoms with E-state index in [4.69, 9.17) is 16.3 Å². The summed E-state index contributed by atoms with van der Waals surface area (Å²) < 4.78 is 19.7. The number of ether oxygens (including phenoxy) is 1. The molecule has 1 aromatic carbocycles. The molecule has 1 aromatic rings. The zero-order valence-electron chi connectivity index (χ0n) is 11.6. The standard InChI is InChI=1S/C16H21ClFNO/c17-13-2-5-15(18)12(8-13)9-16(6-1-7-20-11-16)10-19-14-3-4-14/h2,5,8,14,19H,1,3-4,6-7,9-11H2. The van der Waals surface area contributed by atoms with E-state index < -0.39 is 0 Å². The molecule has 2 fully saturated rings. The Morgan fingerprint density at radius 2 is 2.25 bits per heavy atom. The van der Waals surface area contributed by atoms with Crippen LogP contribution < -0.4 is 5.32 Å². The van der Waals surface area contributed by atoms with Crippen LogP contribution in [-0.4, -0.2) is 25.8 Å². The third kappa shape index (κ3) is 3.51. The lowest BCUT2D eigenvalue weighted by molar-refractivity contribution is -0.00772. The number of benzene rings is 1. The minimum absolute atomic E-state index is 0.00631. The van der Waals surface area contributed by atoms with Gasteiger partial charge in [-0.25, -0.2) is 4.39 Å². The molecule has 20 heavy (non-hydrogen) atoms. The zero-order valence-corrected chi connectivity index (χ0v) is 12.4. The van der Waals surface area contributed by atoms with Gasteiger partial charge in [-0.3, -0.25) is 0 Å². The van der Waals surface area contributed by atoms with Gasteiger partial charge in [0.2, 0.25) is 0 Å². The van der Waals surface area contributed by atoms with Gasteiger partial charge >= 0.3 is 0 Å². The van der Waals surface area contributed by atoms with Crippen LogP contribution in [0.15, 0.2) is 18.2 Å². The Bertz CT molecular complexity index is 470. The predicted molar refractivity (Wildman–Crippen MR) is 78.6 cm³/mol. The van der Waals surface area contributed by atoms with Crippen molar-refractivity contribution in [1.29, 1.82) is 0 Å². The topological polar surface area (TPSA) is 21.3 Å². The molecule has 3 rings (SSSR count). The van der Waals surface area contributed by atoms with Gasteiger partial charge in [0.25, 0.3) is 0 Å². The first kappa shape index (κ1) is 14.3. The van der Waals surface area contributed by atoms with Crippen molar-refractivity contribution in [2.45, 2.75) is 38.1 Å². The Kier molecular flexibility index (Phi) is 4.29. The SMILES string of the molecule is Fc1ccc(Cl)cc1CC1(CNC2CC2)CCCOC1. The molecule has 1 aliphatic carbocycles. The molecule has 1 heterocycles. The van der Waals surface area contributed by atoms with E-state index in [2.05, 4.69) is 5.32 Å². The molecule has 0 bridgehead atoms. The molecule has 0 spiro atoms. The minimum Gasteiger partial charge on any atom is -0.381 e. The summed E-state index contributed by atoms with van der Waals surface area (Å²) in [6.07, 6.45) is 5.36. The quantitative estimate of drug-likeness (QED) is 0.897. The fourth-order valence-electron chi connectivity index (χ4n) is 2.98. The summed E-state index contributed by atoms with van der Waals surface area (Å²) >= 11 is 6.00. The van der Waals surface area contributed by atoms with Crippen LogP contribution in [0.2, 0.25) is 5.02 Å².